The fourth-order valence-electron chi connectivity index (χ4n) is 12.8. The lowest BCUT2D eigenvalue weighted by atomic mass is 9.42. The van der Waals surface area contributed by atoms with Gasteiger partial charge in [0.2, 0.25) is 0 Å². The van der Waals surface area contributed by atoms with Crippen LogP contribution in [-0.2, 0) is 5.41 Å². The van der Waals surface area contributed by atoms with Crippen molar-refractivity contribution in [3.63, 3.8) is 0 Å². The number of furan rings is 1. The van der Waals surface area contributed by atoms with E-state index in [4.69, 9.17) is 4.42 Å². The highest BCUT2D eigenvalue weighted by atomic mass is 16.3. The molecule has 1 heterocycles. The fourth-order valence-corrected chi connectivity index (χ4v) is 12.8. The minimum Gasteiger partial charge on any atom is -0.456 e. The molecule has 8 aromatic carbocycles. The number of fused-ring (bicyclic) bond motifs is 10. The molecule has 1 spiro atoms. The minimum atomic E-state index is 0.0486. The summed E-state index contributed by atoms with van der Waals surface area (Å²) in [5.74, 6) is 3.17. The number of hydrogen-bond acceptors (Lipinski definition) is 1. The monoisotopic (exact) mass is 678 g/mol. The maximum absolute atomic E-state index is 6.29. The molecule has 0 amide bonds. The first-order valence-corrected chi connectivity index (χ1v) is 19.8. The van der Waals surface area contributed by atoms with Crippen molar-refractivity contribution in [3.05, 3.63) is 157 Å². The molecule has 5 aliphatic carbocycles. The molecular weight excluding hydrogens is 641 g/mol. The summed E-state index contributed by atoms with van der Waals surface area (Å²) in [6, 6.07) is 55.2. The molecule has 0 atom stereocenters. The molecule has 1 nitrogen and oxygen atoms in total. The molecule has 0 aliphatic heterocycles. The molecule has 1 aromatic heterocycles. The first-order valence-electron chi connectivity index (χ1n) is 19.8. The molecule has 0 radical (unpaired) electrons. The summed E-state index contributed by atoms with van der Waals surface area (Å²) < 4.78 is 6.29. The Balaban J connectivity index is 1.15. The third kappa shape index (κ3) is 3.63. The molecule has 4 bridgehead atoms. The Kier molecular flexibility index (Phi) is 5.59. The molecule has 14 rings (SSSR count). The first-order chi connectivity index (χ1) is 26.3. The van der Waals surface area contributed by atoms with Crippen LogP contribution in [0.5, 0.6) is 0 Å². The van der Waals surface area contributed by atoms with Crippen LogP contribution in [0.4, 0.5) is 0 Å². The Morgan fingerprint density at radius 3 is 1.68 bits per heavy atom. The highest BCUT2D eigenvalue weighted by Crippen LogP contribution is 2.71. The lowest BCUT2D eigenvalue weighted by Gasteiger charge is -2.61. The van der Waals surface area contributed by atoms with Crippen LogP contribution in [0.1, 0.15) is 43.2 Å². The maximum Gasteiger partial charge on any atom is 0.135 e. The van der Waals surface area contributed by atoms with E-state index in [2.05, 4.69) is 146 Å². The van der Waals surface area contributed by atoms with Gasteiger partial charge >= 0.3 is 0 Å². The number of hydrogen-bond donors (Lipinski definition) is 0. The Morgan fingerprint density at radius 2 is 0.981 bits per heavy atom. The van der Waals surface area contributed by atoms with Crippen molar-refractivity contribution in [2.75, 3.05) is 0 Å². The highest BCUT2D eigenvalue weighted by Gasteiger charge is 2.62. The van der Waals surface area contributed by atoms with Gasteiger partial charge in [-0.2, -0.15) is 0 Å². The Hall–Kier alpha value is -5.66. The molecule has 0 unspecified atom stereocenters. The van der Waals surface area contributed by atoms with Gasteiger partial charge in [-0.3, -0.25) is 0 Å². The minimum absolute atomic E-state index is 0.0486. The van der Waals surface area contributed by atoms with Crippen molar-refractivity contribution in [2.45, 2.75) is 37.5 Å². The smallest absolute Gasteiger partial charge is 0.135 e. The summed E-state index contributed by atoms with van der Waals surface area (Å²) in [4.78, 5) is 0. The summed E-state index contributed by atoms with van der Waals surface area (Å²) >= 11 is 0. The molecule has 9 aromatic rings. The second-order valence-electron chi connectivity index (χ2n) is 16.8. The van der Waals surface area contributed by atoms with Crippen LogP contribution in [0.3, 0.4) is 0 Å². The lowest BCUT2D eigenvalue weighted by molar-refractivity contribution is -0.0396. The molecule has 0 N–H and O–H groups in total. The SMILES string of the molecule is c1cc2c(c(-c3c4ccccc4c(-c4ccc5oc6ccccc6c5c4)c4ccccc34)c1)C1(c3ccc4ccccc4c3-2)C2CC3CC(C2)CC1C3. The van der Waals surface area contributed by atoms with Gasteiger partial charge in [0.25, 0.3) is 0 Å². The van der Waals surface area contributed by atoms with Crippen molar-refractivity contribution >= 4 is 54.3 Å². The second-order valence-corrected chi connectivity index (χ2v) is 16.8. The van der Waals surface area contributed by atoms with Crippen LogP contribution in [-0.4, -0.2) is 0 Å². The molecular formula is C52H38O. The first kappa shape index (κ1) is 28.9. The van der Waals surface area contributed by atoms with E-state index in [0.29, 0.717) is 11.8 Å². The molecule has 4 fully saturated rings. The van der Waals surface area contributed by atoms with Crippen LogP contribution in [0.2, 0.25) is 0 Å². The fraction of sp³-hybridized carbons (Fsp3) is 0.192. The predicted molar refractivity (Wildman–Crippen MR) is 220 cm³/mol. The average Bonchev–Trinajstić information content (AvgIpc) is 3.72. The predicted octanol–water partition coefficient (Wildman–Crippen LogP) is 14.1. The van der Waals surface area contributed by atoms with Crippen LogP contribution < -0.4 is 0 Å². The van der Waals surface area contributed by atoms with Gasteiger partial charge in [0.1, 0.15) is 11.2 Å². The molecule has 4 saturated carbocycles. The highest BCUT2D eigenvalue weighted by molar-refractivity contribution is 6.23. The van der Waals surface area contributed by atoms with Crippen LogP contribution >= 0.6 is 0 Å². The van der Waals surface area contributed by atoms with Gasteiger partial charge in [-0.05, 0) is 151 Å². The lowest BCUT2D eigenvalue weighted by Crippen LogP contribution is -2.55. The van der Waals surface area contributed by atoms with E-state index in [1.54, 1.807) is 11.1 Å². The second kappa shape index (κ2) is 10.3. The summed E-state index contributed by atoms with van der Waals surface area (Å²) in [6.07, 6.45) is 6.95. The summed E-state index contributed by atoms with van der Waals surface area (Å²) in [6.45, 7) is 0. The van der Waals surface area contributed by atoms with E-state index in [1.165, 1.54) is 109 Å². The van der Waals surface area contributed by atoms with E-state index in [1.807, 2.05) is 0 Å². The Labute approximate surface area is 308 Å². The maximum atomic E-state index is 6.29. The zero-order valence-corrected chi connectivity index (χ0v) is 29.6. The van der Waals surface area contributed by atoms with E-state index in [9.17, 15) is 0 Å². The summed E-state index contributed by atoms with van der Waals surface area (Å²) in [5.41, 5.74) is 13.6. The number of rotatable bonds is 2. The van der Waals surface area contributed by atoms with Crippen molar-refractivity contribution in [1.29, 1.82) is 0 Å². The van der Waals surface area contributed by atoms with Gasteiger partial charge in [-0.25, -0.2) is 0 Å². The average molecular weight is 679 g/mol. The van der Waals surface area contributed by atoms with Crippen molar-refractivity contribution in [3.8, 4) is 33.4 Å². The zero-order valence-electron chi connectivity index (χ0n) is 29.6. The zero-order chi connectivity index (χ0) is 34.4. The molecule has 1 heteroatoms. The largest absolute Gasteiger partial charge is 0.456 e. The topological polar surface area (TPSA) is 13.1 Å². The molecule has 0 saturated heterocycles. The quantitative estimate of drug-likeness (QED) is 0.166. The van der Waals surface area contributed by atoms with Gasteiger partial charge < -0.3 is 4.42 Å². The van der Waals surface area contributed by atoms with Crippen molar-refractivity contribution in [1.82, 2.24) is 0 Å². The van der Waals surface area contributed by atoms with E-state index < -0.39 is 0 Å². The van der Waals surface area contributed by atoms with E-state index in [-0.39, 0.29) is 5.41 Å². The van der Waals surface area contributed by atoms with Crippen LogP contribution in [0.15, 0.2) is 150 Å². The molecule has 5 aliphatic rings. The number of para-hydroxylation sites is 1. The number of benzene rings is 8. The van der Waals surface area contributed by atoms with Crippen LogP contribution in [0.25, 0.3) is 87.6 Å². The molecule has 252 valence electrons. The van der Waals surface area contributed by atoms with Crippen LogP contribution in [0, 0.1) is 23.7 Å². The van der Waals surface area contributed by atoms with E-state index in [0.717, 1.165) is 23.0 Å². The van der Waals surface area contributed by atoms with Gasteiger partial charge in [-0.1, -0.05) is 127 Å². The van der Waals surface area contributed by atoms with Crippen molar-refractivity contribution in [2.24, 2.45) is 23.7 Å². The van der Waals surface area contributed by atoms with E-state index >= 15 is 0 Å². The van der Waals surface area contributed by atoms with Gasteiger partial charge in [-0.15, -0.1) is 0 Å². The summed E-state index contributed by atoms with van der Waals surface area (Å²) in [7, 11) is 0. The third-order valence-corrected chi connectivity index (χ3v) is 14.4. The normalized spacial score (nSPS) is 23.9. The standard InChI is InChI=1S/C52H38O/c1-2-11-36-32(10-1)20-22-45-50(36)43-18-9-17-42(51(43)52(45)34-25-30-24-31(27-34)28-35(52)26-30)49-40-15-5-3-13-38(40)48(39-14-4-6-16-41(39)49)33-21-23-47-44(29-33)37-12-7-8-19-46(37)53-47/h1-23,29-31,34-35H,24-28H2. The van der Waals surface area contributed by atoms with Crippen molar-refractivity contribution < 1.29 is 4.42 Å². The third-order valence-electron chi connectivity index (χ3n) is 14.4. The Bertz CT molecular complexity index is 2940. The van der Waals surface area contributed by atoms with Gasteiger partial charge in [0.05, 0.1) is 0 Å². The Morgan fingerprint density at radius 1 is 0.415 bits per heavy atom. The summed E-state index contributed by atoms with van der Waals surface area (Å²) in [5, 5.41) is 10.4. The van der Waals surface area contributed by atoms with Gasteiger partial charge in [0, 0.05) is 16.2 Å². The van der Waals surface area contributed by atoms with Gasteiger partial charge in [0.15, 0.2) is 0 Å². The molecule has 53 heavy (non-hydrogen) atoms.